The van der Waals surface area contributed by atoms with E-state index >= 15 is 0 Å². The molecule has 1 aromatic rings. The third-order valence-electron chi connectivity index (χ3n) is 2.91. The molecule has 0 spiro atoms. The summed E-state index contributed by atoms with van der Waals surface area (Å²) in [6.45, 7) is 1.99. The Bertz CT molecular complexity index is 537. The van der Waals surface area contributed by atoms with Crippen LogP contribution in [-0.4, -0.2) is 25.1 Å². The van der Waals surface area contributed by atoms with Gasteiger partial charge in [0.1, 0.15) is 12.4 Å². The van der Waals surface area contributed by atoms with Gasteiger partial charge in [0.05, 0.1) is 0 Å². The second-order valence-electron chi connectivity index (χ2n) is 4.41. The first-order valence-electron chi connectivity index (χ1n) is 6.51. The van der Waals surface area contributed by atoms with Crippen molar-refractivity contribution in [3.8, 4) is 5.75 Å². The molecule has 0 bridgehead atoms. The van der Waals surface area contributed by atoms with E-state index in [1.165, 1.54) is 0 Å². The number of allylic oxidation sites excluding steroid dienone is 1. The highest BCUT2D eigenvalue weighted by molar-refractivity contribution is 5.94. The average Bonchev–Trinajstić information content (AvgIpc) is 2.45. The molecule has 20 heavy (non-hydrogen) atoms. The van der Waals surface area contributed by atoms with Gasteiger partial charge in [-0.1, -0.05) is 12.2 Å². The van der Waals surface area contributed by atoms with Gasteiger partial charge in [-0.2, -0.15) is 0 Å². The van der Waals surface area contributed by atoms with Crippen molar-refractivity contribution in [2.45, 2.75) is 19.8 Å². The molecule has 0 aromatic heterocycles. The highest BCUT2D eigenvalue weighted by Crippen LogP contribution is 2.26. The molecule has 5 nitrogen and oxygen atoms in total. The molecule has 106 valence electrons. The number of benzene rings is 1. The van der Waals surface area contributed by atoms with Crippen molar-refractivity contribution in [2.24, 2.45) is 0 Å². The Hall–Kier alpha value is -2.30. The van der Waals surface area contributed by atoms with Crippen molar-refractivity contribution in [1.29, 1.82) is 0 Å². The number of rotatable bonds is 5. The Morgan fingerprint density at radius 2 is 2.25 bits per heavy atom. The summed E-state index contributed by atoms with van der Waals surface area (Å²) in [4.78, 5) is 22.6. The van der Waals surface area contributed by atoms with Crippen LogP contribution in [0.2, 0.25) is 0 Å². The van der Waals surface area contributed by atoms with Crippen molar-refractivity contribution in [2.75, 3.05) is 18.5 Å². The minimum atomic E-state index is -0.408. The Morgan fingerprint density at radius 1 is 1.40 bits per heavy atom. The molecule has 0 aliphatic carbocycles. The fourth-order valence-corrected chi connectivity index (χ4v) is 1.87. The molecule has 1 aromatic carbocycles. The number of carbonyl (C=O) groups is 2. The first kappa shape index (κ1) is 14.1. The number of nitrogens with one attached hydrogen (secondary N) is 1. The quantitative estimate of drug-likeness (QED) is 0.660. The Balaban J connectivity index is 1.88. The van der Waals surface area contributed by atoms with Crippen LogP contribution < -0.4 is 10.1 Å². The van der Waals surface area contributed by atoms with Gasteiger partial charge in [0.15, 0.2) is 6.61 Å². The van der Waals surface area contributed by atoms with Gasteiger partial charge >= 0.3 is 5.97 Å². The molecule has 1 amide bonds. The number of hydrogen-bond acceptors (Lipinski definition) is 4. The molecular weight excluding hydrogens is 258 g/mol. The molecule has 0 radical (unpaired) electrons. The zero-order valence-corrected chi connectivity index (χ0v) is 11.3. The van der Waals surface area contributed by atoms with E-state index in [-0.39, 0.29) is 19.1 Å². The van der Waals surface area contributed by atoms with E-state index in [1.54, 1.807) is 18.2 Å². The van der Waals surface area contributed by atoms with E-state index in [2.05, 4.69) is 5.32 Å². The van der Waals surface area contributed by atoms with E-state index in [0.717, 1.165) is 11.3 Å². The Labute approximate surface area is 117 Å². The van der Waals surface area contributed by atoms with Crippen LogP contribution in [0.25, 0.3) is 0 Å². The van der Waals surface area contributed by atoms with Crippen molar-refractivity contribution in [1.82, 2.24) is 0 Å². The molecular formula is C15H17NO4. The summed E-state index contributed by atoms with van der Waals surface area (Å²) < 4.78 is 10.3. The molecule has 2 rings (SSSR count). The SMILES string of the molecule is C/C=C\COC(=O)COc1ccc2c(c1)CCC(=O)N2. The number of hydrogen-bond donors (Lipinski definition) is 1. The molecule has 0 unspecified atom stereocenters. The lowest BCUT2D eigenvalue weighted by molar-refractivity contribution is -0.144. The average molecular weight is 275 g/mol. The summed E-state index contributed by atoms with van der Waals surface area (Å²) in [5.41, 5.74) is 1.83. The summed E-state index contributed by atoms with van der Waals surface area (Å²) in [6.07, 6.45) is 4.72. The lowest BCUT2D eigenvalue weighted by Crippen LogP contribution is -2.19. The predicted octanol–water partition coefficient (Wildman–Crippen LogP) is 2.07. The smallest absolute Gasteiger partial charge is 0.344 e. The van der Waals surface area contributed by atoms with Gasteiger partial charge in [-0.25, -0.2) is 4.79 Å². The monoisotopic (exact) mass is 275 g/mol. The van der Waals surface area contributed by atoms with Crippen LogP contribution in [0.4, 0.5) is 5.69 Å². The summed E-state index contributed by atoms with van der Waals surface area (Å²) in [6, 6.07) is 5.35. The lowest BCUT2D eigenvalue weighted by atomic mass is 10.0. The molecule has 1 aliphatic heterocycles. The van der Waals surface area contributed by atoms with E-state index in [4.69, 9.17) is 9.47 Å². The largest absolute Gasteiger partial charge is 0.482 e. The number of aryl methyl sites for hydroxylation is 1. The molecule has 5 heteroatoms. The van der Waals surface area contributed by atoms with Crippen molar-refractivity contribution < 1.29 is 19.1 Å². The van der Waals surface area contributed by atoms with Crippen molar-refractivity contribution in [3.63, 3.8) is 0 Å². The minimum absolute atomic E-state index is 0.0266. The molecule has 1 N–H and O–H groups in total. The topological polar surface area (TPSA) is 64.6 Å². The maximum absolute atomic E-state index is 11.4. The zero-order valence-electron chi connectivity index (χ0n) is 11.3. The fraction of sp³-hybridized carbons (Fsp3) is 0.333. The van der Waals surface area contributed by atoms with Gasteiger partial charge in [-0.15, -0.1) is 0 Å². The van der Waals surface area contributed by atoms with Crippen LogP contribution in [0.3, 0.4) is 0 Å². The molecule has 1 heterocycles. The lowest BCUT2D eigenvalue weighted by Gasteiger charge is -2.17. The van der Waals surface area contributed by atoms with Crippen LogP contribution in [0, 0.1) is 0 Å². The van der Waals surface area contributed by atoms with Gasteiger partial charge in [-0.05, 0) is 37.1 Å². The van der Waals surface area contributed by atoms with Crippen molar-refractivity contribution >= 4 is 17.6 Å². The number of anilines is 1. The van der Waals surface area contributed by atoms with Crippen LogP contribution >= 0.6 is 0 Å². The first-order chi connectivity index (χ1) is 9.69. The highest BCUT2D eigenvalue weighted by Gasteiger charge is 2.15. The molecule has 0 saturated carbocycles. The van der Waals surface area contributed by atoms with Crippen LogP contribution in [0.15, 0.2) is 30.4 Å². The molecule has 1 aliphatic rings. The number of fused-ring (bicyclic) bond motifs is 1. The van der Waals surface area contributed by atoms with E-state index in [1.807, 2.05) is 19.1 Å². The summed E-state index contributed by atoms with van der Waals surface area (Å²) in [5, 5.41) is 2.79. The van der Waals surface area contributed by atoms with Gasteiger partial charge in [0.2, 0.25) is 5.91 Å². The number of esters is 1. The third kappa shape index (κ3) is 3.85. The second kappa shape index (κ2) is 6.75. The van der Waals surface area contributed by atoms with E-state index in [0.29, 0.717) is 18.6 Å². The maximum atomic E-state index is 11.4. The van der Waals surface area contributed by atoms with E-state index in [9.17, 15) is 9.59 Å². The van der Waals surface area contributed by atoms with Crippen LogP contribution in [0.1, 0.15) is 18.9 Å². The second-order valence-corrected chi connectivity index (χ2v) is 4.41. The summed E-state index contributed by atoms with van der Waals surface area (Å²) in [7, 11) is 0. The Morgan fingerprint density at radius 3 is 3.05 bits per heavy atom. The predicted molar refractivity (Wildman–Crippen MR) is 74.7 cm³/mol. The van der Waals surface area contributed by atoms with Gasteiger partial charge < -0.3 is 14.8 Å². The minimum Gasteiger partial charge on any atom is -0.482 e. The van der Waals surface area contributed by atoms with Gasteiger partial charge in [0.25, 0.3) is 0 Å². The maximum Gasteiger partial charge on any atom is 0.344 e. The van der Waals surface area contributed by atoms with Crippen LogP contribution in [0.5, 0.6) is 5.75 Å². The number of amides is 1. The number of carbonyl (C=O) groups excluding carboxylic acids is 2. The summed E-state index contributed by atoms with van der Waals surface area (Å²) in [5.74, 6) is 0.218. The number of ether oxygens (including phenoxy) is 2. The molecule has 0 saturated heterocycles. The van der Waals surface area contributed by atoms with Crippen molar-refractivity contribution in [3.05, 3.63) is 35.9 Å². The third-order valence-corrected chi connectivity index (χ3v) is 2.91. The normalized spacial score (nSPS) is 13.8. The molecule has 0 fully saturated rings. The first-order valence-corrected chi connectivity index (χ1v) is 6.51. The van der Waals surface area contributed by atoms with Gasteiger partial charge in [-0.3, -0.25) is 4.79 Å². The zero-order chi connectivity index (χ0) is 14.4. The fourth-order valence-electron chi connectivity index (χ4n) is 1.87. The van der Waals surface area contributed by atoms with Crippen LogP contribution in [-0.2, 0) is 20.7 Å². The Kier molecular flexibility index (Phi) is 4.76. The molecule has 0 atom stereocenters. The van der Waals surface area contributed by atoms with E-state index < -0.39 is 5.97 Å². The van der Waals surface area contributed by atoms with Gasteiger partial charge in [0, 0.05) is 12.1 Å². The standard InChI is InChI=1S/C15H17NO4/c1-2-3-8-19-15(18)10-20-12-5-6-13-11(9-12)4-7-14(17)16-13/h2-3,5-6,9H,4,7-8,10H2,1H3,(H,16,17)/b3-2-. The summed E-state index contributed by atoms with van der Waals surface area (Å²) >= 11 is 0. The highest BCUT2D eigenvalue weighted by atomic mass is 16.6.